The molecular formula is C19H33NO. The van der Waals surface area contributed by atoms with Gasteiger partial charge in [-0.05, 0) is 49.6 Å². The minimum atomic E-state index is -0.250. The van der Waals surface area contributed by atoms with Gasteiger partial charge in [-0.25, -0.2) is 0 Å². The number of hydrogen-bond donors (Lipinski definition) is 1. The molecule has 0 aliphatic heterocycles. The molecule has 3 atom stereocenters. The van der Waals surface area contributed by atoms with Gasteiger partial charge in [0.25, 0.3) is 0 Å². The fourth-order valence-electron chi connectivity index (χ4n) is 3.00. The van der Waals surface area contributed by atoms with E-state index in [0.717, 1.165) is 32.5 Å². The van der Waals surface area contributed by atoms with Crippen LogP contribution in [0.1, 0.15) is 40.5 Å². The molecule has 2 nitrogen and oxygen atoms in total. The quantitative estimate of drug-likeness (QED) is 0.729. The van der Waals surface area contributed by atoms with Crippen molar-refractivity contribution in [3.8, 4) is 0 Å². The summed E-state index contributed by atoms with van der Waals surface area (Å²) >= 11 is 0. The Bertz CT molecular complexity index is 358. The second-order valence-electron chi connectivity index (χ2n) is 6.94. The minimum absolute atomic E-state index is 0.250. The standard InChI is InChI=1S/C19H33NO/c1-6-18-8-7-16(4)19(10-9-18)11-12-20(13-15(2)3)14-17(5)21/h6,8-10,15-17,19,21H,1,7,11-14H2,2-5H3. The maximum atomic E-state index is 9.66. The molecule has 1 aliphatic rings. The zero-order chi connectivity index (χ0) is 15.8. The van der Waals surface area contributed by atoms with Crippen LogP contribution in [0.3, 0.4) is 0 Å². The SMILES string of the molecule is C=CC1=CCC(C)C(CCN(CC(C)C)CC(C)O)C=C1. The lowest BCUT2D eigenvalue weighted by atomic mass is 9.89. The molecule has 0 spiro atoms. The summed E-state index contributed by atoms with van der Waals surface area (Å²) in [5.74, 6) is 1.92. The van der Waals surface area contributed by atoms with Crippen molar-refractivity contribution in [2.75, 3.05) is 19.6 Å². The van der Waals surface area contributed by atoms with E-state index in [1.54, 1.807) is 0 Å². The van der Waals surface area contributed by atoms with E-state index >= 15 is 0 Å². The summed E-state index contributed by atoms with van der Waals surface area (Å²) in [6.07, 6.45) is 10.8. The molecule has 120 valence electrons. The highest BCUT2D eigenvalue weighted by atomic mass is 16.3. The van der Waals surface area contributed by atoms with Crippen LogP contribution in [0.5, 0.6) is 0 Å². The van der Waals surface area contributed by atoms with Crippen LogP contribution in [0, 0.1) is 17.8 Å². The molecule has 0 heterocycles. The summed E-state index contributed by atoms with van der Waals surface area (Å²) in [6, 6.07) is 0. The summed E-state index contributed by atoms with van der Waals surface area (Å²) in [5, 5.41) is 9.66. The van der Waals surface area contributed by atoms with Crippen molar-refractivity contribution < 1.29 is 5.11 Å². The van der Waals surface area contributed by atoms with Crippen LogP contribution < -0.4 is 0 Å². The Labute approximate surface area is 131 Å². The second-order valence-corrected chi connectivity index (χ2v) is 6.94. The molecule has 0 aromatic carbocycles. The Kier molecular flexibility index (Phi) is 7.98. The fourth-order valence-corrected chi connectivity index (χ4v) is 3.00. The van der Waals surface area contributed by atoms with E-state index in [-0.39, 0.29) is 6.10 Å². The molecule has 0 aromatic rings. The second kappa shape index (κ2) is 9.22. The molecular weight excluding hydrogens is 258 g/mol. The van der Waals surface area contributed by atoms with E-state index in [0.29, 0.717) is 17.8 Å². The highest BCUT2D eigenvalue weighted by Gasteiger charge is 2.18. The molecule has 1 aliphatic carbocycles. The monoisotopic (exact) mass is 291 g/mol. The lowest BCUT2D eigenvalue weighted by molar-refractivity contribution is 0.114. The molecule has 0 saturated heterocycles. The summed E-state index contributed by atoms with van der Waals surface area (Å²) in [6.45, 7) is 15.4. The Hall–Kier alpha value is -0.860. The Morgan fingerprint density at radius 3 is 2.67 bits per heavy atom. The lowest BCUT2D eigenvalue weighted by Gasteiger charge is -2.28. The summed E-state index contributed by atoms with van der Waals surface area (Å²) in [4.78, 5) is 2.41. The molecule has 1 N–H and O–H groups in total. The number of rotatable bonds is 8. The molecule has 0 radical (unpaired) electrons. The van der Waals surface area contributed by atoms with Gasteiger partial charge in [-0.15, -0.1) is 0 Å². The number of aliphatic hydroxyl groups is 1. The Balaban J connectivity index is 2.56. The number of allylic oxidation sites excluding steroid dienone is 5. The van der Waals surface area contributed by atoms with Crippen LogP contribution in [-0.2, 0) is 0 Å². The van der Waals surface area contributed by atoms with Crippen LogP contribution in [0.4, 0.5) is 0 Å². The number of hydrogen-bond acceptors (Lipinski definition) is 2. The normalized spacial score (nSPS) is 24.0. The van der Waals surface area contributed by atoms with E-state index in [1.807, 2.05) is 13.0 Å². The van der Waals surface area contributed by atoms with E-state index < -0.39 is 0 Å². The highest BCUT2D eigenvalue weighted by Crippen LogP contribution is 2.26. The summed E-state index contributed by atoms with van der Waals surface area (Å²) in [7, 11) is 0. The third-order valence-electron chi connectivity index (χ3n) is 4.15. The van der Waals surface area contributed by atoms with E-state index in [9.17, 15) is 5.11 Å². The van der Waals surface area contributed by atoms with Gasteiger partial charge in [0, 0.05) is 13.1 Å². The molecule has 21 heavy (non-hydrogen) atoms. The fraction of sp³-hybridized carbons (Fsp3) is 0.684. The van der Waals surface area contributed by atoms with Gasteiger partial charge < -0.3 is 10.0 Å². The maximum Gasteiger partial charge on any atom is 0.0639 e. The Morgan fingerprint density at radius 2 is 2.10 bits per heavy atom. The van der Waals surface area contributed by atoms with Crippen LogP contribution >= 0.6 is 0 Å². The minimum Gasteiger partial charge on any atom is -0.392 e. The first kappa shape index (κ1) is 18.2. The first-order valence-electron chi connectivity index (χ1n) is 8.33. The lowest BCUT2D eigenvalue weighted by Crippen LogP contribution is -2.35. The molecule has 2 heteroatoms. The molecule has 3 unspecified atom stereocenters. The predicted octanol–water partition coefficient (Wildman–Crippen LogP) is 4.04. The van der Waals surface area contributed by atoms with Gasteiger partial charge in [-0.1, -0.05) is 51.7 Å². The number of nitrogens with zero attached hydrogens (tertiary/aromatic N) is 1. The van der Waals surface area contributed by atoms with Gasteiger partial charge in [0.1, 0.15) is 0 Å². The topological polar surface area (TPSA) is 23.5 Å². The van der Waals surface area contributed by atoms with Gasteiger partial charge >= 0.3 is 0 Å². The maximum absolute atomic E-state index is 9.66. The van der Waals surface area contributed by atoms with Crippen LogP contribution in [-0.4, -0.2) is 35.7 Å². The molecule has 0 fully saturated rings. The number of aliphatic hydroxyl groups excluding tert-OH is 1. The van der Waals surface area contributed by atoms with Gasteiger partial charge in [0.05, 0.1) is 6.10 Å². The van der Waals surface area contributed by atoms with Crippen molar-refractivity contribution in [2.24, 2.45) is 17.8 Å². The van der Waals surface area contributed by atoms with Crippen molar-refractivity contribution in [1.29, 1.82) is 0 Å². The zero-order valence-electron chi connectivity index (χ0n) is 14.3. The van der Waals surface area contributed by atoms with Gasteiger partial charge in [0.2, 0.25) is 0 Å². The first-order valence-corrected chi connectivity index (χ1v) is 8.33. The zero-order valence-corrected chi connectivity index (χ0v) is 14.3. The van der Waals surface area contributed by atoms with Crippen molar-refractivity contribution >= 4 is 0 Å². The van der Waals surface area contributed by atoms with Gasteiger partial charge in [-0.3, -0.25) is 0 Å². The van der Waals surface area contributed by atoms with E-state index in [1.165, 1.54) is 5.57 Å². The molecule has 0 bridgehead atoms. The molecule has 1 rings (SSSR count). The van der Waals surface area contributed by atoms with Gasteiger partial charge in [-0.2, -0.15) is 0 Å². The van der Waals surface area contributed by atoms with Crippen molar-refractivity contribution in [1.82, 2.24) is 4.90 Å². The predicted molar refractivity (Wildman–Crippen MR) is 92.3 cm³/mol. The molecule has 0 aromatic heterocycles. The van der Waals surface area contributed by atoms with Gasteiger partial charge in [0.15, 0.2) is 0 Å². The van der Waals surface area contributed by atoms with Crippen LogP contribution in [0.25, 0.3) is 0 Å². The first-order chi connectivity index (χ1) is 9.92. The van der Waals surface area contributed by atoms with Crippen molar-refractivity contribution in [3.63, 3.8) is 0 Å². The Morgan fingerprint density at radius 1 is 1.38 bits per heavy atom. The molecule has 0 saturated carbocycles. The average Bonchev–Trinajstić information content (AvgIpc) is 2.57. The van der Waals surface area contributed by atoms with Crippen LogP contribution in [0.15, 0.2) is 36.5 Å². The largest absolute Gasteiger partial charge is 0.392 e. The smallest absolute Gasteiger partial charge is 0.0639 e. The van der Waals surface area contributed by atoms with Crippen molar-refractivity contribution in [2.45, 2.75) is 46.6 Å². The summed E-state index contributed by atoms with van der Waals surface area (Å²) < 4.78 is 0. The third-order valence-corrected chi connectivity index (χ3v) is 4.15. The van der Waals surface area contributed by atoms with Crippen LogP contribution in [0.2, 0.25) is 0 Å². The van der Waals surface area contributed by atoms with E-state index in [2.05, 4.69) is 50.5 Å². The highest BCUT2D eigenvalue weighted by molar-refractivity contribution is 5.30. The average molecular weight is 291 g/mol. The summed E-state index contributed by atoms with van der Waals surface area (Å²) in [5.41, 5.74) is 1.24. The van der Waals surface area contributed by atoms with Crippen molar-refractivity contribution in [3.05, 3.63) is 36.5 Å². The molecule has 0 amide bonds. The van der Waals surface area contributed by atoms with E-state index in [4.69, 9.17) is 0 Å². The third kappa shape index (κ3) is 7.10.